The third-order valence-electron chi connectivity index (χ3n) is 2.30. The highest BCUT2D eigenvalue weighted by Gasteiger charge is 2.30. The highest BCUT2D eigenvalue weighted by atomic mass is 35.5. The van der Waals surface area contributed by atoms with E-state index in [0.29, 0.717) is 6.42 Å². The molecule has 0 spiro atoms. The highest BCUT2D eigenvalue weighted by molar-refractivity contribution is 5.90. The highest BCUT2D eigenvalue weighted by Crippen LogP contribution is 2.30. The number of benzene rings is 1. The van der Waals surface area contributed by atoms with Gasteiger partial charge in [-0.3, -0.25) is 4.79 Å². The first kappa shape index (κ1) is 17.7. The lowest BCUT2D eigenvalue weighted by Gasteiger charge is -2.10. The summed E-state index contributed by atoms with van der Waals surface area (Å²) in [6.07, 6.45) is -3.73. The number of carbonyl (C=O) groups excluding carboxylic acids is 1. The SMILES string of the molecule is CC(N)CCC(=O)Nc1cccc(C(F)(F)F)c1.Cl. The molecule has 3 nitrogen and oxygen atoms in total. The zero-order chi connectivity index (χ0) is 13.8. The number of nitrogens with two attached hydrogens (primary N) is 1. The predicted octanol–water partition coefficient (Wildman–Crippen LogP) is 3.19. The van der Waals surface area contributed by atoms with Gasteiger partial charge in [-0.1, -0.05) is 6.07 Å². The number of rotatable bonds is 4. The predicted molar refractivity (Wildman–Crippen MR) is 70.2 cm³/mol. The van der Waals surface area contributed by atoms with Crippen molar-refractivity contribution in [3.63, 3.8) is 0 Å². The van der Waals surface area contributed by atoms with E-state index in [1.807, 2.05) is 0 Å². The van der Waals surface area contributed by atoms with E-state index >= 15 is 0 Å². The van der Waals surface area contributed by atoms with Crippen LogP contribution in [-0.2, 0) is 11.0 Å². The molecule has 1 aromatic carbocycles. The third-order valence-corrected chi connectivity index (χ3v) is 2.30. The lowest BCUT2D eigenvalue weighted by atomic mass is 10.1. The fraction of sp³-hybridized carbons (Fsp3) is 0.417. The van der Waals surface area contributed by atoms with Crippen molar-refractivity contribution in [1.29, 1.82) is 0 Å². The number of nitrogens with one attached hydrogen (secondary N) is 1. The van der Waals surface area contributed by atoms with Gasteiger partial charge in [-0.25, -0.2) is 0 Å². The Bertz CT molecular complexity index is 422. The van der Waals surface area contributed by atoms with Crippen molar-refractivity contribution >= 4 is 24.0 Å². The van der Waals surface area contributed by atoms with E-state index in [-0.39, 0.29) is 36.5 Å². The summed E-state index contributed by atoms with van der Waals surface area (Å²) < 4.78 is 37.3. The fourth-order valence-electron chi connectivity index (χ4n) is 1.36. The molecule has 0 aliphatic carbocycles. The maximum Gasteiger partial charge on any atom is 0.416 e. The molecule has 19 heavy (non-hydrogen) atoms. The Morgan fingerprint density at radius 3 is 2.58 bits per heavy atom. The van der Waals surface area contributed by atoms with E-state index in [9.17, 15) is 18.0 Å². The molecule has 1 unspecified atom stereocenters. The van der Waals surface area contributed by atoms with Crippen LogP contribution in [0.1, 0.15) is 25.3 Å². The minimum Gasteiger partial charge on any atom is -0.328 e. The van der Waals surface area contributed by atoms with Crippen molar-refractivity contribution in [3.8, 4) is 0 Å². The number of hydrogen-bond acceptors (Lipinski definition) is 2. The van der Waals surface area contributed by atoms with Gasteiger partial charge in [0.15, 0.2) is 0 Å². The van der Waals surface area contributed by atoms with Crippen LogP contribution < -0.4 is 11.1 Å². The van der Waals surface area contributed by atoms with Gasteiger partial charge >= 0.3 is 6.18 Å². The smallest absolute Gasteiger partial charge is 0.328 e. The Labute approximate surface area is 115 Å². The molecule has 1 atom stereocenters. The average molecular weight is 297 g/mol. The van der Waals surface area contributed by atoms with E-state index in [2.05, 4.69) is 5.32 Å². The van der Waals surface area contributed by atoms with Gasteiger partial charge < -0.3 is 11.1 Å². The summed E-state index contributed by atoms with van der Waals surface area (Å²) >= 11 is 0. The van der Waals surface area contributed by atoms with Gasteiger partial charge in [0.05, 0.1) is 5.56 Å². The molecule has 0 aromatic heterocycles. The Morgan fingerprint density at radius 2 is 2.05 bits per heavy atom. The second-order valence-electron chi connectivity index (χ2n) is 4.14. The maximum atomic E-state index is 12.4. The Hall–Kier alpha value is -1.27. The Balaban J connectivity index is 0.00000324. The molecule has 0 aliphatic rings. The lowest BCUT2D eigenvalue weighted by Crippen LogP contribution is -2.19. The molecule has 0 bridgehead atoms. The van der Waals surface area contributed by atoms with Gasteiger partial charge in [-0.05, 0) is 31.5 Å². The minimum absolute atomic E-state index is 0. The average Bonchev–Trinajstić information content (AvgIpc) is 2.25. The van der Waals surface area contributed by atoms with Gasteiger partial charge in [-0.2, -0.15) is 13.2 Å². The zero-order valence-corrected chi connectivity index (χ0v) is 11.1. The molecule has 0 saturated heterocycles. The Morgan fingerprint density at radius 1 is 1.42 bits per heavy atom. The van der Waals surface area contributed by atoms with Gasteiger partial charge in [0.2, 0.25) is 5.91 Å². The summed E-state index contributed by atoms with van der Waals surface area (Å²) in [6, 6.07) is 4.42. The van der Waals surface area contributed by atoms with E-state index in [4.69, 9.17) is 5.73 Å². The first-order chi connectivity index (χ1) is 8.29. The quantitative estimate of drug-likeness (QED) is 0.896. The van der Waals surface area contributed by atoms with Crippen LogP contribution >= 0.6 is 12.4 Å². The molecule has 0 fully saturated rings. The molecular formula is C12H16ClF3N2O. The number of hydrogen-bond donors (Lipinski definition) is 2. The zero-order valence-electron chi connectivity index (χ0n) is 10.3. The van der Waals surface area contributed by atoms with E-state index in [1.165, 1.54) is 12.1 Å². The van der Waals surface area contributed by atoms with Crippen molar-refractivity contribution in [3.05, 3.63) is 29.8 Å². The first-order valence-corrected chi connectivity index (χ1v) is 5.51. The molecular weight excluding hydrogens is 281 g/mol. The van der Waals surface area contributed by atoms with Crippen LogP contribution in [0.5, 0.6) is 0 Å². The van der Waals surface area contributed by atoms with Crippen LogP contribution in [0.3, 0.4) is 0 Å². The monoisotopic (exact) mass is 296 g/mol. The summed E-state index contributed by atoms with van der Waals surface area (Å²) in [5, 5.41) is 2.42. The summed E-state index contributed by atoms with van der Waals surface area (Å²) in [7, 11) is 0. The molecule has 7 heteroatoms. The molecule has 108 valence electrons. The summed E-state index contributed by atoms with van der Waals surface area (Å²) in [5.41, 5.74) is 4.84. The van der Waals surface area contributed by atoms with E-state index < -0.39 is 11.7 Å². The minimum atomic E-state index is -4.41. The van der Waals surface area contributed by atoms with Crippen molar-refractivity contribution in [1.82, 2.24) is 0 Å². The van der Waals surface area contributed by atoms with Crippen molar-refractivity contribution in [2.24, 2.45) is 5.73 Å². The fourth-order valence-corrected chi connectivity index (χ4v) is 1.36. The summed E-state index contributed by atoms with van der Waals surface area (Å²) in [6.45, 7) is 1.76. The Kier molecular flexibility index (Phi) is 6.86. The number of alkyl halides is 3. The van der Waals surface area contributed by atoms with Gasteiger partial charge in [0, 0.05) is 18.2 Å². The largest absolute Gasteiger partial charge is 0.416 e. The maximum absolute atomic E-state index is 12.4. The lowest BCUT2D eigenvalue weighted by molar-refractivity contribution is -0.137. The van der Waals surface area contributed by atoms with Crippen LogP contribution in [0.25, 0.3) is 0 Å². The van der Waals surface area contributed by atoms with Crippen LogP contribution in [0.15, 0.2) is 24.3 Å². The molecule has 0 aliphatic heterocycles. The van der Waals surface area contributed by atoms with Crippen molar-refractivity contribution in [2.45, 2.75) is 32.0 Å². The topological polar surface area (TPSA) is 55.1 Å². The first-order valence-electron chi connectivity index (χ1n) is 5.51. The number of amides is 1. The third kappa shape index (κ3) is 6.45. The van der Waals surface area contributed by atoms with Crippen LogP contribution in [-0.4, -0.2) is 11.9 Å². The van der Waals surface area contributed by atoms with Gasteiger partial charge in [0.1, 0.15) is 0 Å². The van der Waals surface area contributed by atoms with Crippen LogP contribution in [0.2, 0.25) is 0 Å². The normalized spacial score (nSPS) is 12.5. The van der Waals surface area contributed by atoms with Gasteiger partial charge in [0.25, 0.3) is 0 Å². The molecule has 0 saturated carbocycles. The van der Waals surface area contributed by atoms with Gasteiger partial charge in [-0.15, -0.1) is 12.4 Å². The molecule has 1 aromatic rings. The van der Waals surface area contributed by atoms with Crippen molar-refractivity contribution < 1.29 is 18.0 Å². The van der Waals surface area contributed by atoms with E-state index in [0.717, 1.165) is 12.1 Å². The number of carbonyl (C=O) groups is 1. The summed E-state index contributed by atoms with van der Waals surface area (Å²) in [5.74, 6) is -0.341. The van der Waals surface area contributed by atoms with Crippen molar-refractivity contribution in [2.75, 3.05) is 5.32 Å². The van der Waals surface area contributed by atoms with Crippen LogP contribution in [0, 0.1) is 0 Å². The molecule has 0 radical (unpaired) electrons. The molecule has 1 rings (SSSR count). The molecule has 1 amide bonds. The second kappa shape index (κ2) is 7.35. The van der Waals surface area contributed by atoms with E-state index in [1.54, 1.807) is 6.92 Å². The standard InChI is InChI=1S/C12H15F3N2O.ClH/c1-8(16)5-6-11(18)17-10-4-2-3-9(7-10)12(13,14)15;/h2-4,7-8H,5-6,16H2,1H3,(H,17,18);1H. The van der Waals surface area contributed by atoms with Crippen LogP contribution in [0.4, 0.5) is 18.9 Å². The second-order valence-corrected chi connectivity index (χ2v) is 4.14. The molecule has 0 heterocycles. The number of anilines is 1. The molecule has 3 N–H and O–H groups in total. The summed E-state index contributed by atoms with van der Waals surface area (Å²) in [4.78, 5) is 11.4. The number of halogens is 4.